The highest BCUT2D eigenvalue weighted by molar-refractivity contribution is 7.91. The number of hydrogen-bond donors (Lipinski definition) is 1. The maximum absolute atomic E-state index is 12.0. The molecule has 0 saturated carbocycles. The first-order valence-electron chi connectivity index (χ1n) is 6.63. The van der Waals surface area contributed by atoms with E-state index in [2.05, 4.69) is 0 Å². The maximum atomic E-state index is 12.0. The summed E-state index contributed by atoms with van der Waals surface area (Å²) >= 11 is 0. The van der Waals surface area contributed by atoms with E-state index >= 15 is 0 Å². The van der Waals surface area contributed by atoms with Crippen LogP contribution in [0, 0.1) is 0 Å². The van der Waals surface area contributed by atoms with Crippen molar-refractivity contribution in [1.29, 1.82) is 0 Å². The highest BCUT2D eigenvalue weighted by Gasteiger charge is 2.38. The molecule has 0 amide bonds. The van der Waals surface area contributed by atoms with Crippen LogP contribution >= 0.6 is 0 Å². The van der Waals surface area contributed by atoms with Crippen molar-refractivity contribution in [2.45, 2.75) is 50.7 Å². The molecule has 0 fully saturated rings. The molecule has 19 heavy (non-hydrogen) atoms. The van der Waals surface area contributed by atoms with Crippen molar-refractivity contribution in [3.8, 4) is 5.75 Å². The standard InChI is InChI=1S/C14H20O4S/c1-4-14(5-2)11-8-13(19(16,17)6-3)12(15)7-10(11)9-18-14/h7-8,15H,4-6,9H2,1-3H3. The van der Waals surface area contributed by atoms with Crippen LogP contribution in [0.15, 0.2) is 17.0 Å². The quantitative estimate of drug-likeness (QED) is 0.923. The lowest BCUT2D eigenvalue weighted by atomic mass is 9.87. The van der Waals surface area contributed by atoms with E-state index in [-0.39, 0.29) is 16.4 Å². The van der Waals surface area contributed by atoms with Crippen LogP contribution in [0.3, 0.4) is 0 Å². The van der Waals surface area contributed by atoms with Gasteiger partial charge in [-0.1, -0.05) is 20.8 Å². The largest absolute Gasteiger partial charge is 0.507 e. The van der Waals surface area contributed by atoms with E-state index in [9.17, 15) is 13.5 Å². The third-order valence-corrected chi connectivity index (χ3v) is 5.79. The number of fused-ring (bicyclic) bond motifs is 1. The molecule has 0 bridgehead atoms. The topological polar surface area (TPSA) is 63.6 Å². The highest BCUT2D eigenvalue weighted by atomic mass is 32.2. The molecular weight excluding hydrogens is 264 g/mol. The minimum absolute atomic E-state index is 0.0190. The second kappa shape index (κ2) is 4.80. The van der Waals surface area contributed by atoms with Crippen LogP contribution in [0.1, 0.15) is 44.7 Å². The van der Waals surface area contributed by atoms with Crippen molar-refractivity contribution in [2.75, 3.05) is 5.75 Å². The molecule has 0 aromatic heterocycles. The van der Waals surface area contributed by atoms with Crippen LogP contribution in [-0.2, 0) is 26.8 Å². The van der Waals surface area contributed by atoms with Gasteiger partial charge in [-0.3, -0.25) is 0 Å². The molecule has 1 heterocycles. The predicted molar refractivity (Wildman–Crippen MR) is 72.9 cm³/mol. The number of phenolic OH excluding ortho intramolecular Hbond substituents is 1. The lowest BCUT2D eigenvalue weighted by molar-refractivity contribution is -0.0440. The third-order valence-electron chi connectivity index (χ3n) is 4.04. The smallest absolute Gasteiger partial charge is 0.181 e. The van der Waals surface area contributed by atoms with Crippen molar-refractivity contribution in [3.05, 3.63) is 23.3 Å². The van der Waals surface area contributed by atoms with E-state index in [4.69, 9.17) is 4.74 Å². The molecule has 106 valence electrons. The fraction of sp³-hybridized carbons (Fsp3) is 0.571. The van der Waals surface area contributed by atoms with E-state index in [1.807, 2.05) is 13.8 Å². The van der Waals surface area contributed by atoms with Gasteiger partial charge in [0, 0.05) is 0 Å². The van der Waals surface area contributed by atoms with Gasteiger partial charge in [0.25, 0.3) is 0 Å². The molecule has 0 unspecified atom stereocenters. The zero-order chi connectivity index (χ0) is 14.3. The van der Waals surface area contributed by atoms with Gasteiger partial charge in [-0.15, -0.1) is 0 Å². The fourth-order valence-corrected chi connectivity index (χ4v) is 3.67. The Bertz CT molecular complexity index is 586. The summed E-state index contributed by atoms with van der Waals surface area (Å²) in [5.41, 5.74) is 1.37. The first kappa shape index (κ1) is 14.3. The predicted octanol–water partition coefficient (Wildman–Crippen LogP) is 2.73. The van der Waals surface area contributed by atoms with E-state index in [0.29, 0.717) is 6.61 Å². The lowest BCUT2D eigenvalue weighted by Gasteiger charge is -2.27. The van der Waals surface area contributed by atoms with Gasteiger partial charge in [-0.2, -0.15) is 0 Å². The molecule has 1 aliphatic heterocycles. The van der Waals surface area contributed by atoms with Crippen molar-refractivity contribution < 1.29 is 18.3 Å². The summed E-state index contributed by atoms with van der Waals surface area (Å²) in [6.45, 7) is 6.06. The number of aromatic hydroxyl groups is 1. The van der Waals surface area contributed by atoms with Gasteiger partial charge in [0.15, 0.2) is 9.84 Å². The second-order valence-corrected chi connectivity index (χ2v) is 7.12. The minimum Gasteiger partial charge on any atom is -0.507 e. The zero-order valence-corrected chi connectivity index (χ0v) is 12.4. The van der Waals surface area contributed by atoms with E-state index in [1.165, 1.54) is 6.07 Å². The Morgan fingerprint density at radius 1 is 1.26 bits per heavy atom. The number of ether oxygens (including phenoxy) is 1. The van der Waals surface area contributed by atoms with Gasteiger partial charge in [0.1, 0.15) is 10.6 Å². The average molecular weight is 284 g/mol. The Labute approximate surface area is 114 Å². The summed E-state index contributed by atoms with van der Waals surface area (Å²) in [6.07, 6.45) is 1.57. The molecule has 4 nitrogen and oxygen atoms in total. The molecular formula is C14H20O4S. The highest BCUT2D eigenvalue weighted by Crippen LogP contribution is 2.44. The molecule has 0 aliphatic carbocycles. The number of benzene rings is 1. The molecule has 0 atom stereocenters. The van der Waals surface area contributed by atoms with E-state index in [0.717, 1.165) is 24.0 Å². The van der Waals surface area contributed by atoms with Crippen molar-refractivity contribution in [3.63, 3.8) is 0 Å². The van der Waals surface area contributed by atoms with Crippen molar-refractivity contribution in [1.82, 2.24) is 0 Å². The van der Waals surface area contributed by atoms with Crippen molar-refractivity contribution >= 4 is 9.84 Å². The number of phenols is 1. The minimum atomic E-state index is -3.42. The van der Waals surface area contributed by atoms with Crippen LogP contribution in [-0.4, -0.2) is 19.3 Å². The second-order valence-electron chi connectivity index (χ2n) is 4.87. The SMILES string of the molecule is CCC1(CC)OCc2cc(O)c(S(=O)(=O)CC)cc21. The Morgan fingerprint density at radius 3 is 2.42 bits per heavy atom. The van der Waals surface area contributed by atoms with Gasteiger partial charge >= 0.3 is 0 Å². The van der Waals surface area contributed by atoms with Crippen LogP contribution in [0.4, 0.5) is 0 Å². The van der Waals surface area contributed by atoms with Gasteiger partial charge < -0.3 is 9.84 Å². The molecule has 0 saturated heterocycles. The first-order chi connectivity index (χ1) is 8.90. The third kappa shape index (κ3) is 2.15. The van der Waals surface area contributed by atoms with Crippen LogP contribution in [0.5, 0.6) is 5.75 Å². The summed E-state index contributed by atoms with van der Waals surface area (Å²) in [7, 11) is -3.42. The van der Waals surface area contributed by atoms with Crippen LogP contribution in [0.25, 0.3) is 0 Å². The van der Waals surface area contributed by atoms with Gasteiger partial charge in [0.05, 0.1) is 18.0 Å². The number of sulfone groups is 1. The fourth-order valence-electron chi connectivity index (χ4n) is 2.69. The maximum Gasteiger partial charge on any atom is 0.181 e. The summed E-state index contributed by atoms with van der Waals surface area (Å²) in [5.74, 6) is -0.196. The first-order valence-corrected chi connectivity index (χ1v) is 8.28. The summed E-state index contributed by atoms with van der Waals surface area (Å²) in [5, 5.41) is 9.92. The molecule has 2 rings (SSSR count). The molecule has 0 spiro atoms. The Hall–Kier alpha value is -1.07. The normalized spacial score (nSPS) is 17.4. The molecule has 1 aliphatic rings. The lowest BCUT2D eigenvalue weighted by Crippen LogP contribution is -2.23. The number of hydrogen-bond acceptors (Lipinski definition) is 4. The van der Waals surface area contributed by atoms with E-state index in [1.54, 1.807) is 13.0 Å². The molecule has 1 aromatic carbocycles. The summed E-state index contributed by atoms with van der Waals surface area (Å²) in [6, 6.07) is 3.13. The van der Waals surface area contributed by atoms with Crippen LogP contribution < -0.4 is 0 Å². The molecule has 0 radical (unpaired) electrons. The Balaban J connectivity index is 2.65. The van der Waals surface area contributed by atoms with Gasteiger partial charge in [-0.25, -0.2) is 8.42 Å². The Kier molecular flexibility index (Phi) is 3.62. The monoisotopic (exact) mass is 284 g/mol. The molecule has 1 N–H and O–H groups in total. The summed E-state index contributed by atoms with van der Waals surface area (Å²) in [4.78, 5) is 0.0190. The van der Waals surface area contributed by atoms with E-state index < -0.39 is 15.4 Å². The molecule has 1 aromatic rings. The van der Waals surface area contributed by atoms with Crippen molar-refractivity contribution in [2.24, 2.45) is 0 Å². The average Bonchev–Trinajstić information content (AvgIpc) is 2.76. The van der Waals surface area contributed by atoms with Crippen LogP contribution in [0.2, 0.25) is 0 Å². The van der Waals surface area contributed by atoms with Gasteiger partial charge in [-0.05, 0) is 36.1 Å². The molecule has 5 heteroatoms. The zero-order valence-electron chi connectivity index (χ0n) is 11.6. The Morgan fingerprint density at radius 2 is 1.89 bits per heavy atom. The summed E-state index contributed by atoms with van der Waals surface area (Å²) < 4.78 is 29.9. The number of rotatable bonds is 4. The van der Waals surface area contributed by atoms with Gasteiger partial charge in [0.2, 0.25) is 0 Å².